The maximum absolute atomic E-state index is 3.38. The van der Waals surface area contributed by atoms with E-state index in [1.807, 2.05) is 6.20 Å². The van der Waals surface area contributed by atoms with Crippen molar-refractivity contribution in [1.29, 1.82) is 0 Å². The summed E-state index contributed by atoms with van der Waals surface area (Å²) in [7, 11) is 0. The van der Waals surface area contributed by atoms with Crippen molar-refractivity contribution in [2.75, 3.05) is 0 Å². The summed E-state index contributed by atoms with van der Waals surface area (Å²) in [6, 6.07) is 13.2. The molecule has 0 fully saturated rings. The second-order valence-electron chi connectivity index (χ2n) is 7.57. The summed E-state index contributed by atoms with van der Waals surface area (Å²) in [6.45, 7) is 13.5. The molecule has 0 unspecified atom stereocenters. The van der Waals surface area contributed by atoms with Gasteiger partial charge in [-0.05, 0) is 34.1 Å². The zero-order valence-electron chi connectivity index (χ0n) is 13.5. The van der Waals surface area contributed by atoms with Crippen LogP contribution in [0.1, 0.15) is 52.7 Å². The molecule has 1 N–H and O–H groups in total. The molecule has 1 aromatic carbocycles. The number of hydrogen-bond acceptors (Lipinski definition) is 0. The third-order valence-electron chi connectivity index (χ3n) is 3.71. The molecular formula is C19H26N+. The van der Waals surface area contributed by atoms with Crippen LogP contribution in [0.4, 0.5) is 0 Å². The van der Waals surface area contributed by atoms with E-state index in [4.69, 9.17) is 0 Å². The quantitative estimate of drug-likeness (QED) is 0.708. The fraction of sp³-hybridized carbons (Fsp3) is 0.421. The molecule has 0 saturated carbocycles. The van der Waals surface area contributed by atoms with Crippen molar-refractivity contribution >= 4 is 0 Å². The molecule has 20 heavy (non-hydrogen) atoms. The van der Waals surface area contributed by atoms with E-state index in [1.165, 1.54) is 22.4 Å². The van der Waals surface area contributed by atoms with Gasteiger partial charge in [-0.15, -0.1) is 0 Å². The molecule has 2 rings (SSSR count). The van der Waals surface area contributed by atoms with Crippen molar-refractivity contribution in [3.05, 3.63) is 53.7 Å². The van der Waals surface area contributed by atoms with E-state index in [0.29, 0.717) is 0 Å². The molecule has 106 valence electrons. The van der Waals surface area contributed by atoms with Gasteiger partial charge in [-0.3, -0.25) is 0 Å². The highest BCUT2D eigenvalue weighted by molar-refractivity contribution is 5.58. The molecule has 0 aliphatic rings. The summed E-state index contributed by atoms with van der Waals surface area (Å²) in [6.07, 6.45) is 2.04. The van der Waals surface area contributed by atoms with E-state index in [2.05, 4.69) is 82.9 Å². The van der Waals surface area contributed by atoms with Gasteiger partial charge in [0.2, 0.25) is 5.69 Å². The lowest BCUT2D eigenvalue weighted by molar-refractivity contribution is -0.364. The smallest absolute Gasteiger partial charge is 0.211 e. The van der Waals surface area contributed by atoms with Gasteiger partial charge in [0, 0.05) is 17.7 Å². The number of benzene rings is 1. The minimum Gasteiger partial charge on any atom is -0.211 e. The van der Waals surface area contributed by atoms with E-state index >= 15 is 0 Å². The molecule has 0 spiro atoms. The molecule has 0 saturated heterocycles. The fourth-order valence-corrected chi connectivity index (χ4v) is 2.25. The normalized spacial score (nSPS) is 12.5. The first kappa shape index (κ1) is 14.8. The number of hydrogen-bond donors (Lipinski definition) is 0. The Bertz CT molecular complexity index is 542. The zero-order chi connectivity index (χ0) is 15.0. The van der Waals surface area contributed by atoms with Gasteiger partial charge in [-0.25, -0.2) is 4.98 Å². The van der Waals surface area contributed by atoms with Crippen LogP contribution in [0.15, 0.2) is 42.6 Å². The third kappa shape index (κ3) is 3.27. The molecule has 1 aromatic heterocycles. The van der Waals surface area contributed by atoms with E-state index < -0.39 is 0 Å². The Morgan fingerprint density at radius 1 is 0.750 bits per heavy atom. The Kier molecular flexibility index (Phi) is 3.73. The minimum atomic E-state index is 0.172. The molecule has 0 bridgehead atoms. The molecule has 2 aromatic rings. The monoisotopic (exact) mass is 268 g/mol. The van der Waals surface area contributed by atoms with Crippen LogP contribution in [0.3, 0.4) is 0 Å². The van der Waals surface area contributed by atoms with Crippen molar-refractivity contribution in [2.45, 2.75) is 52.4 Å². The fourth-order valence-electron chi connectivity index (χ4n) is 2.25. The van der Waals surface area contributed by atoms with Crippen LogP contribution in [-0.4, -0.2) is 0 Å². The van der Waals surface area contributed by atoms with E-state index in [1.54, 1.807) is 0 Å². The summed E-state index contributed by atoms with van der Waals surface area (Å²) in [4.78, 5) is 3.38. The van der Waals surface area contributed by atoms with Gasteiger partial charge in [0.1, 0.15) is 0 Å². The summed E-state index contributed by atoms with van der Waals surface area (Å²) in [5.41, 5.74) is 5.51. The van der Waals surface area contributed by atoms with Crippen molar-refractivity contribution < 1.29 is 4.98 Å². The number of aromatic amines is 1. The first-order valence-corrected chi connectivity index (χ1v) is 7.31. The Morgan fingerprint density at radius 3 is 1.95 bits per heavy atom. The molecule has 0 aliphatic carbocycles. The molecule has 0 aliphatic heterocycles. The number of rotatable bonds is 1. The van der Waals surface area contributed by atoms with Crippen LogP contribution in [0.2, 0.25) is 0 Å². The van der Waals surface area contributed by atoms with Gasteiger partial charge >= 0.3 is 0 Å². The average Bonchev–Trinajstić information content (AvgIpc) is 2.37. The highest BCUT2D eigenvalue weighted by Gasteiger charge is 2.19. The second-order valence-corrected chi connectivity index (χ2v) is 7.57. The van der Waals surface area contributed by atoms with Crippen molar-refractivity contribution in [3.8, 4) is 11.3 Å². The van der Waals surface area contributed by atoms with Crippen LogP contribution in [0, 0.1) is 0 Å². The summed E-state index contributed by atoms with van der Waals surface area (Å²) in [5.74, 6) is 0. The van der Waals surface area contributed by atoms with E-state index in [0.717, 1.165) is 0 Å². The minimum absolute atomic E-state index is 0.172. The molecule has 0 amide bonds. The lowest BCUT2D eigenvalue weighted by atomic mass is 9.85. The topological polar surface area (TPSA) is 14.1 Å². The molecule has 1 nitrogen and oxygen atoms in total. The SMILES string of the molecule is CC(C)(C)c1cccc(-c2cc(C(C)(C)C)cc[nH+]2)c1. The Balaban J connectivity index is 2.47. The van der Waals surface area contributed by atoms with Crippen LogP contribution >= 0.6 is 0 Å². The molecule has 1 heterocycles. The standard InChI is InChI=1S/C19H25N/c1-18(2,3)15-9-7-8-14(12-15)17-13-16(10-11-20-17)19(4,5)6/h7-13H,1-6H3/p+1. The lowest BCUT2D eigenvalue weighted by Gasteiger charge is -2.20. The van der Waals surface area contributed by atoms with Gasteiger partial charge in [0.25, 0.3) is 0 Å². The summed E-state index contributed by atoms with van der Waals surface area (Å²) in [5, 5.41) is 0. The van der Waals surface area contributed by atoms with Gasteiger partial charge in [-0.2, -0.15) is 0 Å². The zero-order valence-corrected chi connectivity index (χ0v) is 13.5. The Morgan fingerprint density at radius 2 is 1.35 bits per heavy atom. The van der Waals surface area contributed by atoms with Crippen LogP contribution < -0.4 is 4.98 Å². The highest BCUT2D eigenvalue weighted by Crippen LogP contribution is 2.28. The van der Waals surface area contributed by atoms with E-state index in [-0.39, 0.29) is 10.8 Å². The second kappa shape index (κ2) is 5.05. The number of H-pyrrole nitrogens is 1. The maximum atomic E-state index is 3.38. The number of pyridine rings is 1. The maximum Gasteiger partial charge on any atom is 0.211 e. The third-order valence-corrected chi connectivity index (χ3v) is 3.71. The highest BCUT2D eigenvalue weighted by atomic mass is 14.7. The molecule has 0 radical (unpaired) electrons. The van der Waals surface area contributed by atoms with Gasteiger partial charge < -0.3 is 0 Å². The largest absolute Gasteiger partial charge is 0.211 e. The van der Waals surface area contributed by atoms with E-state index in [9.17, 15) is 0 Å². The predicted molar refractivity (Wildman–Crippen MR) is 85.8 cm³/mol. The lowest BCUT2D eigenvalue weighted by Crippen LogP contribution is -2.16. The van der Waals surface area contributed by atoms with Crippen LogP contribution in [0.25, 0.3) is 11.3 Å². The van der Waals surface area contributed by atoms with Gasteiger partial charge in [0.15, 0.2) is 6.20 Å². The van der Waals surface area contributed by atoms with Crippen LogP contribution in [-0.2, 0) is 10.8 Å². The Labute approximate surface area is 123 Å². The van der Waals surface area contributed by atoms with Crippen molar-refractivity contribution in [2.24, 2.45) is 0 Å². The molecule has 0 atom stereocenters. The average molecular weight is 268 g/mol. The first-order valence-electron chi connectivity index (χ1n) is 7.31. The summed E-state index contributed by atoms with van der Waals surface area (Å²) >= 11 is 0. The van der Waals surface area contributed by atoms with Gasteiger partial charge in [0.05, 0.1) is 0 Å². The van der Waals surface area contributed by atoms with Gasteiger partial charge in [-0.1, -0.05) is 53.7 Å². The first-order chi connectivity index (χ1) is 9.18. The van der Waals surface area contributed by atoms with Crippen molar-refractivity contribution in [3.63, 3.8) is 0 Å². The molecule has 1 heteroatoms. The number of nitrogens with one attached hydrogen (secondary N) is 1. The Hall–Kier alpha value is -1.63. The summed E-state index contributed by atoms with van der Waals surface area (Å²) < 4.78 is 0. The molecular weight excluding hydrogens is 242 g/mol. The van der Waals surface area contributed by atoms with Crippen molar-refractivity contribution in [1.82, 2.24) is 0 Å². The predicted octanol–water partition coefficient (Wildman–Crippen LogP) is 4.76. The number of aromatic nitrogens is 1. The van der Waals surface area contributed by atoms with Crippen LogP contribution in [0.5, 0.6) is 0 Å².